The summed E-state index contributed by atoms with van der Waals surface area (Å²) < 4.78 is 15.0. The van der Waals surface area contributed by atoms with Gasteiger partial charge >= 0.3 is 12.0 Å². The third kappa shape index (κ3) is 4.82. The number of hydrogen-bond acceptors (Lipinski definition) is 8. The van der Waals surface area contributed by atoms with Gasteiger partial charge in [-0.2, -0.15) is 0 Å². The van der Waals surface area contributed by atoms with Gasteiger partial charge in [-0.3, -0.25) is 20.2 Å². The molecule has 0 unspecified atom stereocenters. The molecule has 11 nitrogen and oxygen atoms in total. The molecule has 3 amide bonds. The lowest BCUT2D eigenvalue weighted by molar-refractivity contribution is -0.385. The lowest BCUT2D eigenvalue weighted by atomic mass is 10.1. The highest BCUT2D eigenvalue weighted by molar-refractivity contribution is 5.99. The van der Waals surface area contributed by atoms with Crippen LogP contribution in [0.15, 0.2) is 12.1 Å². The molecule has 1 aromatic carbocycles. The predicted octanol–water partition coefficient (Wildman–Crippen LogP) is 0.988. The van der Waals surface area contributed by atoms with Crippen LogP contribution in [0.2, 0.25) is 0 Å². The lowest BCUT2D eigenvalue weighted by Gasteiger charge is -2.20. The summed E-state index contributed by atoms with van der Waals surface area (Å²) in [6.45, 7) is 3.11. The Bertz CT molecular complexity index is 732. The third-order valence-electron chi connectivity index (χ3n) is 3.26. The van der Waals surface area contributed by atoms with E-state index in [1.54, 1.807) is 19.2 Å². The highest BCUT2D eigenvalue weighted by Crippen LogP contribution is 2.35. The van der Waals surface area contributed by atoms with Crippen molar-refractivity contribution < 1.29 is 33.5 Å². The summed E-state index contributed by atoms with van der Waals surface area (Å²) in [5.41, 5.74) is 3.84. The van der Waals surface area contributed by atoms with E-state index in [2.05, 4.69) is 0 Å². The van der Waals surface area contributed by atoms with E-state index in [-0.39, 0.29) is 11.5 Å². The van der Waals surface area contributed by atoms with E-state index in [9.17, 15) is 24.5 Å². The molecule has 1 atom stereocenters. The number of esters is 1. The molecule has 0 spiro atoms. The topological polar surface area (TPSA) is 160 Å². The number of nitrogens with two attached hydrogens (primary N) is 1. The Morgan fingerprint density at radius 1 is 1.15 bits per heavy atom. The van der Waals surface area contributed by atoms with Gasteiger partial charge in [0, 0.05) is 6.07 Å². The summed E-state index contributed by atoms with van der Waals surface area (Å²) in [5, 5.41) is 13.1. The van der Waals surface area contributed by atoms with Crippen LogP contribution in [0, 0.1) is 16.0 Å². The standard InChI is InChI=1S/C15H19N3O8/c1-7(2)12(13(19)17-15(16)21)26-14(20)8-5-10(24-3)11(25-4)6-9(8)18(22)23/h5-7,12H,1-4H3,(H3,16,17,19,21)/t12-/m1/s1. The smallest absolute Gasteiger partial charge is 0.346 e. The Morgan fingerprint density at radius 2 is 1.69 bits per heavy atom. The number of carbonyl (C=O) groups excluding carboxylic acids is 3. The minimum Gasteiger partial charge on any atom is -0.493 e. The first kappa shape index (κ1) is 20.7. The first-order valence-corrected chi connectivity index (χ1v) is 7.34. The van der Waals surface area contributed by atoms with E-state index in [1.165, 1.54) is 14.2 Å². The molecule has 0 aliphatic rings. The van der Waals surface area contributed by atoms with Crippen LogP contribution in [-0.2, 0) is 9.53 Å². The quantitative estimate of drug-likeness (QED) is 0.408. The number of methoxy groups -OCH3 is 2. The van der Waals surface area contributed by atoms with Crippen molar-refractivity contribution in [2.45, 2.75) is 20.0 Å². The van der Waals surface area contributed by atoms with Gasteiger partial charge in [0.1, 0.15) is 5.56 Å². The molecule has 0 aromatic heterocycles. The molecule has 3 N–H and O–H groups in total. The molecule has 1 aromatic rings. The Hall–Kier alpha value is -3.37. The summed E-state index contributed by atoms with van der Waals surface area (Å²) in [6, 6.07) is 0.959. The van der Waals surface area contributed by atoms with Gasteiger partial charge in [0.05, 0.1) is 25.2 Å². The third-order valence-corrected chi connectivity index (χ3v) is 3.26. The van der Waals surface area contributed by atoms with Crippen molar-refractivity contribution in [3.05, 3.63) is 27.8 Å². The summed E-state index contributed by atoms with van der Waals surface area (Å²) >= 11 is 0. The molecule has 142 valence electrons. The number of rotatable bonds is 7. The van der Waals surface area contributed by atoms with Gasteiger partial charge in [0.2, 0.25) is 0 Å². The molecule has 26 heavy (non-hydrogen) atoms. The zero-order chi connectivity index (χ0) is 20.0. The minimum atomic E-state index is -1.39. The monoisotopic (exact) mass is 369 g/mol. The van der Waals surface area contributed by atoms with Crippen molar-refractivity contribution in [1.29, 1.82) is 0 Å². The fourth-order valence-electron chi connectivity index (χ4n) is 2.05. The van der Waals surface area contributed by atoms with Crippen LogP contribution in [0.25, 0.3) is 0 Å². The number of nitro groups is 1. The molecule has 1 rings (SSSR count). The fourth-order valence-corrected chi connectivity index (χ4v) is 2.05. The van der Waals surface area contributed by atoms with Crippen molar-refractivity contribution in [2.24, 2.45) is 11.7 Å². The Kier molecular flexibility index (Phi) is 6.88. The molecule has 0 fully saturated rings. The van der Waals surface area contributed by atoms with Gasteiger partial charge < -0.3 is 19.9 Å². The molecule has 0 aliphatic carbocycles. The maximum atomic E-state index is 12.4. The highest BCUT2D eigenvalue weighted by atomic mass is 16.6. The number of nitrogens with one attached hydrogen (secondary N) is 1. The Labute approximate surface area is 148 Å². The average molecular weight is 369 g/mol. The van der Waals surface area contributed by atoms with E-state index >= 15 is 0 Å². The molecule has 0 heterocycles. The SMILES string of the molecule is COc1cc(C(=O)O[C@@H](C(=O)NC(N)=O)C(C)C)c([N+](=O)[O-])cc1OC. The highest BCUT2D eigenvalue weighted by Gasteiger charge is 2.32. The van der Waals surface area contributed by atoms with E-state index in [1.807, 2.05) is 0 Å². The number of imide groups is 1. The van der Waals surface area contributed by atoms with Crippen molar-refractivity contribution >= 4 is 23.6 Å². The number of carbonyl (C=O) groups is 3. The maximum absolute atomic E-state index is 12.4. The number of ether oxygens (including phenoxy) is 3. The maximum Gasteiger partial charge on any atom is 0.346 e. The van der Waals surface area contributed by atoms with E-state index in [0.717, 1.165) is 12.1 Å². The van der Waals surface area contributed by atoms with Gasteiger partial charge in [-0.15, -0.1) is 0 Å². The molecular weight excluding hydrogens is 350 g/mol. The summed E-state index contributed by atoms with van der Waals surface area (Å²) in [7, 11) is 2.57. The number of hydrogen-bond donors (Lipinski definition) is 2. The largest absolute Gasteiger partial charge is 0.493 e. The normalized spacial score (nSPS) is 11.4. The zero-order valence-corrected chi connectivity index (χ0v) is 14.6. The van der Waals surface area contributed by atoms with Crippen LogP contribution in [-0.4, -0.2) is 43.2 Å². The predicted molar refractivity (Wildman–Crippen MR) is 88.0 cm³/mol. The number of primary amides is 1. The number of amides is 3. The zero-order valence-electron chi connectivity index (χ0n) is 14.6. The van der Waals surface area contributed by atoms with Gasteiger partial charge in [-0.25, -0.2) is 9.59 Å². The summed E-state index contributed by atoms with van der Waals surface area (Å²) in [4.78, 5) is 45.6. The van der Waals surface area contributed by atoms with E-state index in [0.29, 0.717) is 0 Å². The first-order valence-electron chi connectivity index (χ1n) is 7.34. The van der Waals surface area contributed by atoms with Gasteiger partial charge in [-0.05, 0) is 5.92 Å². The molecule has 0 aliphatic heterocycles. The van der Waals surface area contributed by atoms with Crippen molar-refractivity contribution in [1.82, 2.24) is 5.32 Å². The molecule has 0 saturated heterocycles. The Morgan fingerprint density at radius 3 is 2.12 bits per heavy atom. The average Bonchev–Trinajstić information content (AvgIpc) is 2.56. The number of urea groups is 1. The van der Waals surface area contributed by atoms with Crippen LogP contribution >= 0.6 is 0 Å². The van der Waals surface area contributed by atoms with E-state index in [4.69, 9.17) is 19.9 Å². The molecule has 0 radical (unpaired) electrons. The molecular formula is C15H19N3O8. The Balaban J connectivity index is 3.27. The van der Waals surface area contributed by atoms with Crippen LogP contribution in [0.1, 0.15) is 24.2 Å². The van der Waals surface area contributed by atoms with Crippen LogP contribution < -0.4 is 20.5 Å². The van der Waals surface area contributed by atoms with Gasteiger partial charge in [0.15, 0.2) is 17.6 Å². The number of benzene rings is 1. The number of nitrogens with zero attached hydrogens (tertiary/aromatic N) is 1. The minimum absolute atomic E-state index is 0.0441. The summed E-state index contributed by atoms with van der Waals surface area (Å²) in [6.07, 6.45) is -1.39. The van der Waals surface area contributed by atoms with E-state index < -0.39 is 46.1 Å². The molecule has 0 bridgehead atoms. The molecule has 11 heteroatoms. The van der Waals surface area contributed by atoms with Crippen LogP contribution in [0.3, 0.4) is 0 Å². The van der Waals surface area contributed by atoms with Crippen molar-refractivity contribution in [3.63, 3.8) is 0 Å². The van der Waals surface area contributed by atoms with Gasteiger partial charge in [-0.1, -0.05) is 13.8 Å². The summed E-state index contributed by atoms with van der Waals surface area (Å²) in [5.74, 6) is -2.51. The van der Waals surface area contributed by atoms with Crippen molar-refractivity contribution in [2.75, 3.05) is 14.2 Å². The number of nitro benzene ring substituents is 1. The van der Waals surface area contributed by atoms with Crippen LogP contribution in [0.4, 0.5) is 10.5 Å². The molecule has 0 saturated carbocycles. The second kappa shape index (κ2) is 8.65. The second-order valence-electron chi connectivity index (χ2n) is 5.40. The van der Waals surface area contributed by atoms with Crippen LogP contribution in [0.5, 0.6) is 11.5 Å². The fraction of sp³-hybridized carbons (Fsp3) is 0.400. The van der Waals surface area contributed by atoms with Gasteiger partial charge in [0.25, 0.3) is 11.6 Å². The first-order chi connectivity index (χ1) is 12.1. The van der Waals surface area contributed by atoms with Crippen molar-refractivity contribution in [3.8, 4) is 11.5 Å². The lowest BCUT2D eigenvalue weighted by Crippen LogP contribution is -2.45. The second-order valence-corrected chi connectivity index (χ2v) is 5.40.